The molecule has 1 aliphatic rings. The topological polar surface area (TPSA) is 110 Å². The summed E-state index contributed by atoms with van der Waals surface area (Å²) in [7, 11) is 1.79. The summed E-state index contributed by atoms with van der Waals surface area (Å²) in [5, 5.41) is 11.0. The minimum atomic E-state index is -0.520. The van der Waals surface area contributed by atoms with Crippen LogP contribution in [0.1, 0.15) is 12.8 Å². The van der Waals surface area contributed by atoms with Gasteiger partial charge in [0, 0.05) is 13.6 Å². The molecule has 1 saturated carbocycles. The van der Waals surface area contributed by atoms with Gasteiger partial charge >= 0.3 is 5.69 Å². The molecule has 8 heteroatoms. The molecule has 0 spiro atoms. The number of nitrogen functional groups attached to an aromatic ring is 1. The van der Waals surface area contributed by atoms with Crippen LogP contribution in [0.4, 0.5) is 17.3 Å². The second-order valence-electron chi connectivity index (χ2n) is 4.12. The van der Waals surface area contributed by atoms with Crippen molar-refractivity contribution in [2.24, 2.45) is 11.8 Å². The van der Waals surface area contributed by atoms with Crippen molar-refractivity contribution in [3.8, 4) is 0 Å². The minimum absolute atomic E-state index is 0.0302. The van der Waals surface area contributed by atoms with Crippen LogP contribution >= 0.6 is 0 Å². The zero-order valence-corrected chi connectivity index (χ0v) is 9.46. The lowest BCUT2D eigenvalue weighted by molar-refractivity contribution is -0.383. The second kappa shape index (κ2) is 4.50. The molecule has 92 valence electrons. The molecular weight excluding hydrogens is 224 g/mol. The molecule has 1 fully saturated rings. The summed E-state index contributed by atoms with van der Waals surface area (Å²) in [4.78, 5) is 20.0. The van der Waals surface area contributed by atoms with E-state index in [2.05, 4.69) is 15.4 Å². The molecule has 0 unspecified atom stereocenters. The van der Waals surface area contributed by atoms with E-state index in [-0.39, 0.29) is 11.5 Å². The van der Waals surface area contributed by atoms with Crippen LogP contribution in [0.25, 0.3) is 0 Å². The number of hydrogen-bond acceptors (Lipinski definition) is 7. The fourth-order valence-electron chi connectivity index (χ4n) is 1.70. The number of nitrogens with two attached hydrogens (primary N) is 1. The van der Waals surface area contributed by atoms with Gasteiger partial charge in [-0.1, -0.05) is 0 Å². The molecule has 0 aromatic carbocycles. The van der Waals surface area contributed by atoms with Gasteiger partial charge in [0.15, 0.2) is 0 Å². The van der Waals surface area contributed by atoms with Gasteiger partial charge in [-0.25, -0.2) is 15.8 Å². The standard InChI is InChI=1S/C9H14N6O2/c1-14(4-6-2-3-6)9-7(15(16)17)8(13-10)11-5-12-9/h5-6H,2-4,10H2,1H3,(H,11,12,13). The Morgan fingerprint density at radius 1 is 1.65 bits per heavy atom. The van der Waals surface area contributed by atoms with E-state index in [0.29, 0.717) is 11.7 Å². The van der Waals surface area contributed by atoms with Crippen LogP contribution in [-0.4, -0.2) is 28.5 Å². The van der Waals surface area contributed by atoms with Crippen LogP contribution in [0.3, 0.4) is 0 Å². The highest BCUT2D eigenvalue weighted by Crippen LogP contribution is 2.34. The normalized spacial score (nSPS) is 14.5. The molecule has 1 heterocycles. The van der Waals surface area contributed by atoms with Crippen molar-refractivity contribution in [2.75, 3.05) is 23.9 Å². The van der Waals surface area contributed by atoms with Crippen LogP contribution in [0.15, 0.2) is 6.33 Å². The van der Waals surface area contributed by atoms with E-state index in [1.807, 2.05) is 0 Å². The molecule has 0 atom stereocenters. The molecule has 2 rings (SSSR count). The third-order valence-corrected chi connectivity index (χ3v) is 2.71. The minimum Gasteiger partial charge on any atom is -0.354 e. The summed E-state index contributed by atoms with van der Waals surface area (Å²) in [5.41, 5.74) is 2.04. The molecule has 8 nitrogen and oxygen atoms in total. The third kappa shape index (κ3) is 2.41. The summed E-state index contributed by atoms with van der Waals surface area (Å²) >= 11 is 0. The van der Waals surface area contributed by atoms with Crippen LogP contribution in [0.2, 0.25) is 0 Å². The second-order valence-corrected chi connectivity index (χ2v) is 4.12. The van der Waals surface area contributed by atoms with E-state index in [1.165, 1.54) is 19.2 Å². The van der Waals surface area contributed by atoms with Crippen LogP contribution in [-0.2, 0) is 0 Å². The number of nitro groups is 1. The Kier molecular flexibility index (Phi) is 3.05. The lowest BCUT2D eigenvalue weighted by Gasteiger charge is -2.17. The van der Waals surface area contributed by atoms with Crippen molar-refractivity contribution < 1.29 is 4.92 Å². The zero-order chi connectivity index (χ0) is 12.4. The van der Waals surface area contributed by atoms with E-state index in [4.69, 9.17) is 5.84 Å². The smallest absolute Gasteiger partial charge is 0.354 e. The summed E-state index contributed by atoms with van der Waals surface area (Å²) in [6.45, 7) is 0.766. The molecule has 0 bridgehead atoms. The number of nitrogens with zero attached hydrogens (tertiary/aromatic N) is 4. The Morgan fingerprint density at radius 3 is 2.88 bits per heavy atom. The van der Waals surface area contributed by atoms with Crippen molar-refractivity contribution in [1.29, 1.82) is 0 Å². The van der Waals surface area contributed by atoms with Gasteiger partial charge in [0.05, 0.1) is 4.92 Å². The molecule has 1 aliphatic carbocycles. The van der Waals surface area contributed by atoms with Gasteiger partial charge in [0.25, 0.3) is 0 Å². The number of rotatable bonds is 5. The van der Waals surface area contributed by atoms with Gasteiger partial charge in [-0.15, -0.1) is 0 Å². The monoisotopic (exact) mass is 238 g/mol. The number of aromatic nitrogens is 2. The maximum Gasteiger partial charge on any atom is 0.354 e. The summed E-state index contributed by atoms with van der Waals surface area (Å²) < 4.78 is 0. The fourth-order valence-corrected chi connectivity index (χ4v) is 1.70. The van der Waals surface area contributed by atoms with E-state index >= 15 is 0 Å². The predicted molar refractivity (Wildman–Crippen MR) is 62.5 cm³/mol. The van der Waals surface area contributed by atoms with E-state index < -0.39 is 4.92 Å². The van der Waals surface area contributed by atoms with Gasteiger partial charge in [0.2, 0.25) is 11.6 Å². The summed E-state index contributed by atoms with van der Waals surface area (Å²) in [5.74, 6) is 6.15. The van der Waals surface area contributed by atoms with Crippen LogP contribution < -0.4 is 16.2 Å². The molecule has 0 radical (unpaired) electrons. The van der Waals surface area contributed by atoms with Crippen LogP contribution in [0, 0.1) is 16.0 Å². The summed E-state index contributed by atoms with van der Waals surface area (Å²) in [6.07, 6.45) is 3.61. The quantitative estimate of drug-likeness (QED) is 0.437. The number of nitrogens with one attached hydrogen (secondary N) is 1. The third-order valence-electron chi connectivity index (χ3n) is 2.71. The van der Waals surface area contributed by atoms with Crippen molar-refractivity contribution in [2.45, 2.75) is 12.8 Å². The molecule has 0 aliphatic heterocycles. The summed E-state index contributed by atoms with van der Waals surface area (Å²) in [6, 6.07) is 0. The Hall–Kier alpha value is -1.96. The Labute approximate surface area is 98.0 Å². The van der Waals surface area contributed by atoms with Gasteiger partial charge < -0.3 is 10.3 Å². The average Bonchev–Trinajstić information content (AvgIpc) is 3.11. The Balaban J connectivity index is 2.33. The number of hydrogen-bond donors (Lipinski definition) is 2. The SMILES string of the molecule is CN(CC1CC1)c1ncnc(NN)c1[N+](=O)[O-]. The van der Waals surface area contributed by atoms with Gasteiger partial charge in [-0.3, -0.25) is 10.1 Å². The molecule has 1 aromatic heterocycles. The predicted octanol–water partition coefficient (Wildman–Crippen LogP) is 0.517. The molecule has 3 N–H and O–H groups in total. The van der Waals surface area contributed by atoms with Crippen LogP contribution in [0.5, 0.6) is 0 Å². The maximum absolute atomic E-state index is 11.0. The molecule has 0 saturated heterocycles. The highest BCUT2D eigenvalue weighted by molar-refractivity contribution is 5.69. The Morgan fingerprint density at radius 2 is 2.35 bits per heavy atom. The van der Waals surface area contributed by atoms with E-state index in [1.54, 1.807) is 11.9 Å². The molecule has 1 aromatic rings. The van der Waals surface area contributed by atoms with Crippen molar-refractivity contribution in [3.63, 3.8) is 0 Å². The van der Waals surface area contributed by atoms with Crippen molar-refractivity contribution >= 4 is 17.3 Å². The highest BCUT2D eigenvalue weighted by atomic mass is 16.6. The number of hydrazine groups is 1. The van der Waals surface area contributed by atoms with Gasteiger partial charge in [-0.2, -0.15) is 0 Å². The average molecular weight is 238 g/mol. The van der Waals surface area contributed by atoms with E-state index in [0.717, 1.165) is 6.54 Å². The largest absolute Gasteiger partial charge is 0.354 e. The maximum atomic E-state index is 11.0. The lowest BCUT2D eigenvalue weighted by Crippen LogP contribution is -2.23. The first-order chi connectivity index (χ1) is 8.13. The fraction of sp³-hybridized carbons (Fsp3) is 0.556. The Bertz CT molecular complexity index is 433. The zero-order valence-electron chi connectivity index (χ0n) is 9.46. The van der Waals surface area contributed by atoms with Crippen molar-refractivity contribution in [1.82, 2.24) is 9.97 Å². The van der Waals surface area contributed by atoms with E-state index in [9.17, 15) is 10.1 Å². The first-order valence-corrected chi connectivity index (χ1v) is 5.30. The lowest BCUT2D eigenvalue weighted by atomic mass is 10.3. The van der Waals surface area contributed by atoms with Crippen molar-refractivity contribution in [3.05, 3.63) is 16.4 Å². The number of anilines is 2. The molecule has 0 amide bonds. The first kappa shape index (κ1) is 11.5. The highest BCUT2D eigenvalue weighted by Gasteiger charge is 2.29. The molecular formula is C9H14N6O2. The van der Waals surface area contributed by atoms with Gasteiger partial charge in [-0.05, 0) is 18.8 Å². The molecule has 17 heavy (non-hydrogen) atoms. The van der Waals surface area contributed by atoms with Gasteiger partial charge in [0.1, 0.15) is 6.33 Å². The first-order valence-electron chi connectivity index (χ1n) is 5.30.